The van der Waals surface area contributed by atoms with Gasteiger partial charge >= 0.3 is 6.18 Å². The molecule has 0 amide bonds. The number of imidazole rings is 1. The Morgan fingerprint density at radius 1 is 0.972 bits per heavy atom. The minimum Gasteiger partial charge on any atom is -0.383 e. The summed E-state index contributed by atoms with van der Waals surface area (Å²) in [6.07, 6.45) is 1.51. The Morgan fingerprint density at radius 3 is 2.44 bits per heavy atom. The van der Waals surface area contributed by atoms with Crippen molar-refractivity contribution in [1.82, 2.24) is 24.1 Å². The van der Waals surface area contributed by atoms with Crippen molar-refractivity contribution >= 4 is 27.8 Å². The van der Waals surface area contributed by atoms with E-state index in [1.807, 2.05) is 6.07 Å². The number of benzene rings is 1. The first-order chi connectivity index (χ1) is 17.2. The van der Waals surface area contributed by atoms with Crippen LogP contribution in [0.5, 0.6) is 0 Å². The fourth-order valence-electron chi connectivity index (χ4n) is 4.04. The molecule has 5 rings (SSSR count). The normalized spacial score (nSPS) is 12.1. The second-order valence-electron chi connectivity index (χ2n) is 7.80. The Bertz CT molecular complexity index is 1820. The van der Waals surface area contributed by atoms with Gasteiger partial charge in [-0.3, -0.25) is 9.55 Å². The molecule has 0 aliphatic heterocycles. The zero-order valence-corrected chi connectivity index (χ0v) is 18.5. The van der Waals surface area contributed by atoms with E-state index in [4.69, 9.17) is 11.0 Å². The van der Waals surface area contributed by atoms with Gasteiger partial charge in [-0.25, -0.2) is 9.97 Å². The fraction of sp³-hybridized carbons (Fsp3) is 0.0833. The SMILES string of the molecule is Cn1c(=NC#N)n(-c2ccc(C#N)nc2)c2c3cc(-c4cnc(N)c(C(F)(F)F)c4)ccc3ncc21. The van der Waals surface area contributed by atoms with Gasteiger partial charge in [0.15, 0.2) is 0 Å². The largest absolute Gasteiger partial charge is 0.419 e. The molecule has 5 aromatic rings. The molecule has 0 atom stereocenters. The average molecular weight is 485 g/mol. The van der Waals surface area contributed by atoms with Crippen molar-refractivity contribution in [2.45, 2.75) is 6.18 Å². The molecule has 0 saturated carbocycles. The number of hydrogen-bond donors (Lipinski definition) is 1. The van der Waals surface area contributed by atoms with Crippen LogP contribution in [-0.2, 0) is 13.2 Å². The molecular formula is C24H14F3N9. The molecule has 0 spiro atoms. The van der Waals surface area contributed by atoms with Gasteiger partial charge in [0.1, 0.15) is 17.6 Å². The van der Waals surface area contributed by atoms with E-state index in [1.165, 1.54) is 18.5 Å². The molecule has 176 valence electrons. The van der Waals surface area contributed by atoms with Gasteiger partial charge in [-0.1, -0.05) is 6.07 Å². The highest BCUT2D eigenvalue weighted by Crippen LogP contribution is 2.36. The maximum absolute atomic E-state index is 13.4. The summed E-state index contributed by atoms with van der Waals surface area (Å²) in [5, 5.41) is 19.0. The summed E-state index contributed by atoms with van der Waals surface area (Å²) in [6, 6.07) is 11.1. The molecule has 0 fully saturated rings. The molecule has 0 saturated heterocycles. The van der Waals surface area contributed by atoms with Crippen LogP contribution < -0.4 is 11.4 Å². The summed E-state index contributed by atoms with van der Waals surface area (Å²) in [6.45, 7) is 0. The highest BCUT2D eigenvalue weighted by Gasteiger charge is 2.34. The predicted molar refractivity (Wildman–Crippen MR) is 124 cm³/mol. The number of nitrogens with zero attached hydrogens (tertiary/aromatic N) is 8. The Balaban J connectivity index is 1.85. The van der Waals surface area contributed by atoms with E-state index in [-0.39, 0.29) is 16.9 Å². The topological polar surface area (TPSA) is 134 Å². The lowest BCUT2D eigenvalue weighted by Gasteiger charge is -2.12. The number of aryl methyl sites for hydroxylation is 1. The Hall–Kier alpha value is -5.23. The van der Waals surface area contributed by atoms with E-state index in [9.17, 15) is 18.4 Å². The third kappa shape index (κ3) is 3.58. The summed E-state index contributed by atoms with van der Waals surface area (Å²) >= 11 is 0. The van der Waals surface area contributed by atoms with Crippen LogP contribution in [-0.4, -0.2) is 24.1 Å². The van der Waals surface area contributed by atoms with Crippen molar-refractivity contribution in [2.24, 2.45) is 12.0 Å². The molecular weight excluding hydrogens is 471 g/mol. The van der Waals surface area contributed by atoms with Gasteiger partial charge in [-0.2, -0.15) is 23.7 Å². The summed E-state index contributed by atoms with van der Waals surface area (Å²) in [4.78, 5) is 16.3. The van der Waals surface area contributed by atoms with Crippen LogP contribution in [0.3, 0.4) is 0 Å². The van der Waals surface area contributed by atoms with E-state index in [0.29, 0.717) is 33.2 Å². The van der Waals surface area contributed by atoms with E-state index < -0.39 is 17.6 Å². The van der Waals surface area contributed by atoms with Crippen LogP contribution in [0, 0.1) is 22.8 Å². The van der Waals surface area contributed by atoms with Crippen LogP contribution in [0.25, 0.3) is 38.8 Å². The van der Waals surface area contributed by atoms with E-state index in [2.05, 4.69) is 19.9 Å². The summed E-state index contributed by atoms with van der Waals surface area (Å²) in [5.41, 5.74) is 7.91. The third-order valence-corrected chi connectivity index (χ3v) is 5.73. The number of nitrogen functional groups attached to an aromatic ring is 1. The molecule has 0 radical (unpaired) electrons. The maximum atomic E-state index is 13.4. The summed E-state index contributed by atoms with van der Waals surface area (Å²) in [7, 11) is 1.71. The molecule has 4 heterocycles. The lowest BCUT2D eigenvalue weighted by molar-refractivity contribution is -0.137. The minimum atomic E-state index is -4.66. The predicted octanol–water partition coefficient (Wildman–Crippen LogP) is 3.83. The van der Waals surface area contributed by atoms with Crippen LogP contribution in [0.2, 0.25) is 0 Å². The number of nitrogens with two attached hydrogens (primary N) is 1. The van der Waals surface area contributed by atoms with Crippen LogP contribution in [0.4, 0.5) is 19.0 Å². The number of nitriles is 2. The number of fused-ring (bicyclic) bond motifs is 3. The van der Waals surface area contributed by atoms with Crippen molar-refractivity contribution < 1.29 is 13.2 Å². The first kappa shape index (κ1) is 22.6. The second-order valence-corrected chi connectivity index (χ2v) is 7.80. The number of hydrogen-bond acceptors (Lipinski definition) is 7. The van der Waals surface area contributed by atoms with E-state index in [1.54, 1.807) is 52.8 Å². The van der Waals surface area contributed by atoms with Gasteiger partial charge in [0.05, 0.1) is 40.2 Å². The molecule has 4 aromatic heterocycles. The molecule has 9 nitrogen and oxygen atoms in total. The lowest BCUT2D eigenvalue weighted by Crippen LogP contribution is -2.23. The first-order valence-electron chi connectivity index (χ1n) is 10.4. The minimum absolute atomic E-state index is 0.212. The molecule has 0 aliphatic rings. The zero-order chi connectivity index (χ0) is 25.6. The summed E-state index contributed by atoms with van der Waals surface area (Å²) in [5.74, 6) is -0.604. The number of anilines is 1. The van der Waals surface area contributed by atoms with Gasteiger partial charge in [0.2, 0.25) is 11.8 Å². The van der Waals surface area contributed by atoms with Crippen molar-refractivity contribution in [3.05, 3.63) is 71.9 Å². The molecule has 0 aliphatic carbocycles. The van der Waals surface area contributed by atoms with Gasteiger partial charge in [-0.05, 0) is 35.9 Å². The van der Waals surface area contributed by atoms with E-state index >= 15 is 0 Å². The number of pyridine rings is 3. The van der Waals surface area contributed by atoms with Gasteiger partial charge in [0.25, 0.3) is 0 Å². The monoisotopic (exact) mass is 485 g/mol. The van der Waals surface area contributed by atoms with Crippen molar-refractivity contribution in [3.8, 4) is 29.1 Å². The Morgan fingerprint density at radius 2 is 1.78 bits per heavy atom. The average Bonchev–Trinajstić information content (AvgIpc) is 3.15. The molecule has 1 aromatic carbocycles. The molecule has 12 heteroatoms. The van der Waals surface area contributed by atoms with Crippen molar-refractivity contribution in [2.75, 3.05) is 5.73 Å². The zero-order valence-electron chi connectivity index (χ0n) is 18.5. The van der Waals surface area contributed by atoms with Crippen molar-refractivity contribution in [3.63, 3.8) is 0 Å². The number of halogens is 3. The van der Waals surface area contributed by atoms with Gasteiger partial charge in [-0.15, -0.1) is 4.99 Å². The van der Waals surface area contributed by atoms with Gasteiger partial charge in [0, 0.05) is 24.2 Å². The van der Waals surface area contributed by atoms with Crippen LogP contribution in [0.1, 0.15) is 11.3 Å². The second kappa shape index (κ2) is 8.21. The number of aromatic nitrogens is 5. The first-order valence-corrected chi connectivity index (χ1v) is 10.4. The maximum Gasteiger partial charge on any atom is 0.419 e. The van der Waals surface area contributed by atoms with E-state index in [0.717, 1.165) is 6.07 Å². The van der Waals surface area contributed by atoms with Crippen LogP contribution >= 0.6 is 0 Å². The number of alkyl halides is 3. The molecule has 0 bridgehead atoms. The quantitative estimate of drug-likeness (QED) is 0.378. The van der Waals surface area contributed by atoms with Crippen LogP contribution in [0.15, 0.2) is 60.0 Å². The van der Waals surface area contributed by atoms with Gasteiger partial charge < -0.3 is 10.3 Å². The lowest BCUT2D eigenvalue weighted by atomic mass is 10.0. The standard InChI is InChI=1S/C24H14F3N9/c1-35-20-11-32-19-5-2-13(14-7-18(24(25,26)27)22(30)33-9-14)6-17(19)21(20)36(23(35)34-12-29)16-4-3-15(8-28)31-10-16/h2-7,9-11H,1H3,(H2,30,33). The summed E-state index contributed by atoms with van der Waals surface area (Å²) < 4.78 is 43.6. The molecule has 36 heavy (non-hydrogen) atoms. The van der Waals surface area contributed by atoms with Crippen molar-refractivity contribution in [1.29, 1.82) is 10.5 Å². The smallest absolute Gasteiger partial charge is 0.383 e. The fourth-order valence-corrected chi connectivity index (χ4v) is 4.04. The molecule has 0 unspecified atom stereocenters. The third-order valence-electron chi connectivity index (χ3n) is 5.73. The Kier molecular flexibility index (Phi) is 5.15. The highest BCUT2D eigenvalue weighted by molar-refractivity contribution is 6.04. The highest BCUT2D eigenvalue weighted by atomic mass is 19.4. The Labute approximate surface area is 200 Å². The number of rotatable bonds is 2. The molecule has 2 N–H and O–H groups in total.